The maximum Gasteiger partial charge on any atom is 0.273 e. The monoisotopic (exact) mass is 448 g/mol. The molecule has 0 fully saturated rings. The molecular formula is C23H18F2N6O2. The lowest BCUT2D eigenvalue weighted by atomic mass is 9.80. The van der Waals surface area contributed by atoms with Gasteiger partial charge < -0.3 is 9.84 Å². The second-order valence-electron chi connectivity index (χ2n) is 7.66. The van der Waals surface area contributed by atoms with Gasteiger partial charge in [-0.15, -0.1) is 0 Å². The fraction of sp³-hybridized carbons (Fsp3) is 0.174. The predicted molar refractivity (Wildman–Crippen MR) is 113 cm³/mol. The van der Waals surface area contributed by atoms with Crippen LogP contribution in [0.3, 0.4) is 0 Å². The van der Waals surface area contributed by atoms with Crippen LogP contribution in [0.4, 0.5) is 8.78 Å². The molecule has 0 aliphatic carbocycles. The van der Waals surface area contributed by atoms with E-state index in [4.69, 9.17) is 9.78 Å². The fourth-order valence-corrected chi connectivity index (χ4v) is 3.38. The second-order valence-corrected chi connectivity index (χ2v) is 7.66. The number of aromatic nitrogens is 4. The van der Waals surface area contributed by atoms with Crippen LogP contribution in [0.1, 0.15) is 34.2 Å². The number of pyridine rings is 1. The summed E-state index contributed by atoms with van der Waals surface area (Å²) >= 11 is 0. The highest BCUT2D eigenvalue weighted by atomic mass is 19.1. The molecular weight excluding hydrogens is 430 g/mol. The van der Waals surface area contributed by atoms with Gasteiger partial charge in [-0.05, 0) is 31.2 Å². The molecule has 0 aliphatic rings. The van der Waals surface area contributed by atoms with Crippen molar-refractivity contribution in [2.75, 3.05) is 6.54 Å². The average molecular weight is 448 g/mol. The third-order valence-electron chi connectivity index (χ3n) is 5.34. The number of carbonyl (C=O) groups excluding carboxylic acids is 1. The van der Waals surface area contributed by atoms with Gasteiger partial charge in [-0.3, -0.25) is 14.5 Å². The van der Waals surface area contributed by atoms with Crippen LogP contribution in [0.15, 0.2) is 59.5 Å². The standard InChI is InChI=1S/C23H18F2N6O2/c1-23(15-11-29-31(2)12-15,21-6-3-14(9-26)10-27-21)13-28-22(32)19-8-20(33-30-19)17-5-4-16(24)7-18(17)25/h3-8,10-12H,13H2,1-2H3,(H,28,32). The van der Waals surface area contributed by atoms with Gasteiger partial charge in [-0.1, -0.05) is 5.16 Å². The number of carbonyl (C=O) groups is 1. The van der Waals surface area contributed by atoms with Gasteiger partial charge in [-0.2, -0.15) is 10.4 Å². The Bertz CT molecular complexity index is 1360. The molecule has 1 amide bonds. The number of hydrogen-bond acceptors (Lipinski definition) is 6. The first-order chi connectivity index (χ1) is 15.8. The predicted octanol–water partition coefficient (Wildman–Crippen LogP) is 3.36. The van der Waals surface area contributed by atoms with Crippen molar-refractivity contribution in [3.8, 4) is 17.4 Å². The maximum absolute atomic E-state index is 14.0. The first-order valence-corrected chi connectivity index (χ1v) is 9.86. The van der Waals surface area contributed by atoms with Crippen molar-refractivity contribution in [1.82, 2.24) is 25.2 Å². The molecule has 1 unspecified atom stereocenters. The first kappa shape index (κ1) is 21.8. The van der Waals surface area contributed by atoms with Gasteiger partial charge in [0, 0.05) is 43.7 Å². The van der Waals surface area contributed by atoms with E-state index in [0.717, 1.165) is 17.7 Å². The van der Waals surface area contributed by atoms with E-state index in [9.17, 15) is 13.6 Å². The molecule has 0 saturated heterocycles. The molecule has 10 heteroatoms. The summed E-state index contributed by atoms with van der Waals surface area (Å²) in [6.07, 6.45) is 4.96. The Morgan fingerprint density at radius 3 is 2.70 bits per heavy atom. The largest absolute Gasteiger partial charge is 0.355 e. The number of hydrogen-bond donors (Lipinski definition) is 1. The van der Waals surface area contributed by atoms with Gasteiger partial charge in [0.2, 0.25) is 0 Å². The van der Waals surface area contributed by atoms with Crippen LogP contribution in [0.25, 0.3) is 11.3 Å². The molecule has 0 spiro atoms. The van der Waals surface area contributed by atoms with Crippen LogP contribution in [0.5, 0.6) is 0 Å². The maximum atomic E-state index is 14.0. The summed E-state index contributed by atoms with van der Waals surface area (Å²) in [5, 5.41) is 19.8. The van der Waals surface area contributed by atoms with Crippen molar-refractivity contribution >= 4 is 5.91 Å². The van der Waals surface area contributed by atoms with E-state index >= 15 is 0 Å². The van der Waals surface area contributed by atoms with Gasteiger partial charge in [0.1, 0.15) is 17.7 Å². The summed E-state index contributed by atoms with van der Waals surface area (Å²) in [6.45, 7) is 2.02. The van der Waals surface area contributed by atoms with Gasteiger partial charge >= 0.3 is 0 Å². The Balaban J connectivity index is 1.57. The van der Waals surface area contributed by atoms with E-state index < -0.39 is 23.0 Å². The SMILES string of the molecule is Cn1cc(C(C)(CNC(=O)c2cc(-c3ccc(F)cc3F)on2)c2ccc(C#N)cn2)cn1. The molecule has 1 atom stereocenters. The van der Waals surface area contributed by atoms with Crippen molar-refractivity contribution in [2.45, 2.75) is 12.3 Å². The third kappa shape index (κ3) is 4.34. The van der Waals surface area contributed by atoms with Crippen molar-refractivity contribution in [3.05, 3.63) is 89.1 Å². The highest BCUT2D eigenvalue weighted by Gasteiger charge is 2.33. The molecule has 3 heterocycles. The Kier molecular flexibility index (Phi) is 5.70. The number of aryl methyl sites for hydroxylation is 1. The van der Waals surface area contributed by atoms with Crippen molar-refractivity contribution in [3.63, 3.8) is 0 Å². The summed E-state index contributed by atoms with van der Waals surface area (Å²) in [4.78, 5) is 17.2. The molecule has 3 aromatic heterocycles. The zero-order chi connectivity index (χ0) is 23.6. The van der Waals surface area contributed by atoms with Crippen LogP contribution in [-0.4, -0.2) is 32.4 Å². The van der Waals surface area contributed by atoms with Crippen LogP contribution in [-0.2, 0) is 12.5 Å². The highest BCUT2D eigenvalue weighted by molar-refractivity contribution is 5.93. The molecule has 1 aromatic carbocycles. The Hall–Kier alpha value is -4.39. The number of nitriles is 1. The lowest BCUT2D eigenvalue weighted by molar-refractivity contribution is 0.0938. The van der Waals surface area contributed by atoms with E-state index in [2.05, 4.69) is 20.6 Å². The van der Waals surface area contributed by atoms with Gasteiger partial charge in [0.25, 0.3) is 5.91 Å². The summed E-state index contributed by atoms with van der Waals surface area (Å²) in [6, 6.07) is 9.71. The first-order valence-electron chi connectivity index (χ1n) is 9.86. The molecule has 0 bridgehead atoms. The highest BCUT2D eigenvalue weighted by Crippen LogP contribution is 2.30. The smallest absolute Gasteiger partial charge is 0.273 e. The number of nitrogens with one attached hydrogen (secondary N) is 1. The Labute approximate surface area is 187 Å². The van der Waals surface area contributed by atoms with Gasteiger partial charge in [-0.25, -0.2) is 8.78 Å². The lowest BCUT2D eigenvalue weighted by Crippen LogP contribution is -2.40. The van der Waals surface area contributed by atoms with Gasteiger partial charge in [0.15, 0.2) is 11.5 Å². The molecule has 4 rings (SSSR count). The van der Waals surface area contributed by atoms with Crippen molar-refractivity contribution < 1.29 is 18.1 Å². The number of nitrogens with zero attached hydrogens (tertiary/aromatic N) is 5. The van der Waals surface area contributed by atoms with Crippen LogP contribution in [0, 0.1) is 23.0 Å². The van der Waals surface area contributed by atoms with Crippen molar-refractivity contribution in [1.29, 1.82) is 5.26 Å². The zero-order valence-electron chi connectivity index (χ0n) is 17.7. The summed E-state index contributed by atoms with van der Waals surface area (Å²) in [5.74, 6) is -2.09. The Morgan fingerprint density at radius 2 is 2.06 bits per heavy atom. The molecule has 0 radical (unpaired) electrons. The molecule has 1 N–H and O–H groups in total. The van der Waals surface area contributed by atoms with Crippen LogP contribution in [0.2, 0.25) is 0 Å². The fourth-order valence-electron chi connectivity index (χ4n) is 3.38. The minimum absolute atomic E-state index is 0.00132. The van der Waals surface area contributed by atoms with Crippen LogP contribution < -0.4 is 5.32 Å². The van der Waals surface area contributed by atoms with Gasteiger partial charge in [0.05, 0.1) is 28.4 Å². The zero-order valence-corrected chi connectivity index (χ0v) is 17.7. The minimum Gasteiger partial charge on any atom is -0.355 e. The van der Waals surface area contributed by atoms with E-state index in [0.29, 0.717) is 11.3 Å². The van der Waals surface area contributed by atoms with E-state index in [-0.39, 0.29) is 23.6 Å². The molecule has 0 aliphatic heterocycles. The number of amides is 1. The second kappa shape index (κ2) is 8.63. The van der Waals surface area contributed by atoms with E-state index in [1.54, 1.807) is 30.1 Å². The topological polar surface area (TPSA) is 110 Å². The Morgan fingerprint density at radius 1 is 1.24 bits per heavy atom. The molecule has 0 saturated carbocycles. The van der Waals surface area contributed by atoms with E-state index in [1.807, 2.05) is 19.2 Å². The summed E-state index contributed by atoms with van der Waals surface area (Å²) < 4.78 is 33.9. The van der Waals surface area contributed by atoms with Crippen molar-refractivity contribution in [2.24, 2.45) is 7.05 Å². The molecule has 4 aromatic rings. The average Bonchev–Trinajstić information content (AvgIpc) is 3.47. The number of benzene rings is 1. The normalized spacial score (nSPS) is 12.7. The minimum atomic E-state index is -0.825. The third-order valence-corrected chi connectivity index (χ3v) is 5.34. The van der Waals surface area contributed by atoms with E-state index in [1.165, 1.54) is 18.3 Å². The summed E-state index contributed by atoms with van der Waals surface area (Å²) in [7, 11) is 1.78. The number of halogens is 2. The molecule has 33 heavy (non-hydrogen) atoms. The molecule has 8 nitrogen and oxygen atoms in total. The van der Waals surface area contributed by atoms with Crippen LogP contribution >= 0.6 is 0 Å². The number of rotatable bonds is 6. The summed E-state index contributed by atoms with van der Waals surface area (Å²) in [5.41, 5.74) is 1.01. The quantitative estimate of drug-likeness (QED) is 0.484. The lowest BCUT2D eigenvalue weighted by Gasteiger charge is -2.28. The molecule has 166 valence electrons.